The van der Waals surface area contributed by atoms with Crippen LogP contribution in [0, 0.1) is 0 Å². The highest BCUT2D eigenvalue weighted by atomic mass is 16.5. The van der Waals surface area contributed by atoms with Gasteiger partial charge < -0.3 is 14.4 Å². The largest absolute Gasteiger partial charge is 0.492 e. The number of hydrogen-bond acceptors (Lipinski definition) is 5. The molecule has 7 heteroatoms. The van der Waals surface area contributed by atoms with Gasteiger partial charge in [-0.05, 0) is 18.6 Å². The molecule has 0 bridgehead atoms. The van der Waals surface area contributed by atoms with E-state index in [9.17, 15) is 4.79 Å². The molecule has 0 aliphatic carbocycles. The van der Waals surface area contributed by atoms with Crippen LogP contribution in [0.5, 0.6) is 5.75 Å². The van der Waals surface area contributed by atoms with Gasteiger partial charge in [-0.3, -0.25) is 14.4 Å². The van der Waals surface area contributed by atoms with Crippen LogP contribution < -0.4 is 4.74 Å². The van der Waals surface area contributed by atoms with E-state index < -0.39 is 0 Å². The molecule has 0 spiro atoms. The van der Waals surface area contributed by atoms with Crippen molar-refractivity contribution in [3.63, 3.8) is 0 Å². The van der Waals surface area contributed by atoms with Crippen molar-refractivity contribution >= 4 is 5.91 Å². The zero-order valence-electron chi connectivity index (χ0n) is 15.5. The fraction of sp³-hybridized carbons (Fsp3) is 0.500. The lowest BCUT2D eigenvalue weighted by atomic mass is 10.2. The van der Waals surface area contributed by atoms with Gasteiger partial charge in [0.05, 0.1) is 19.2 Å². The lowest BCUT2D eigenvalue weighted by Crippen LogP contribution is -2.44. The number of ether oxygens (including phenoxy) is 2. The highest BCUT2D eigenvalue weighted by molar-refractivity contribution is 5.78. The fourth-order valence-electron chi connectivity index (χ4n) is 3.66. The predicted molar refractivity (Wildman–Crippen MR) is 100 cm³/mol. The molecule has 1 saturated heterocycles. The number of aromatic nitrogens is 2. The van der Waals surface area contributed by atoms with E-state index in [2.05, 4.69) is 16.1 Å². The van der Waals surface area contributed by atoms with Crippen molar-refractivity contribution in [3.8, 4) is 5.75 Å². The van der Waals surface area contributed by atoms with E-state index in [4.69, 9.17) is 9.47 Å². The maximum atomic E-state index is 13.0. The third-order valence-electron chi connectivity index (χ3n) is 5.04. The van der Waals surface area contributed by atoms with Gasteiger partial charge in [0.25, 0.3) is 0 Å². The highest BCUT2D eigenvalue weighted by Crippen LogP contribution is 2.22. The molecule has 1 amide bonds. The minimum absolute atomic E-state index is 0.0236. The van der Waals surface area contributed by atoms with Crippen molar-refractivity contribution in [2.45, 2.75) is 25.6 Å². The summed E-state index contributed by atoms with van der Waals surface area (Å²) in [4.78, 5) is 17.1. The number of nitrogens with zero attached hydrogens (tertiary/aromatic N) is 4. The van der Waals surface area contributed by atoms with Crippen LogP contribution in [-0.4, -0.2) is 71.0 Å². The van der Waals surface area contributed by atoms with E-state index in [1.54, 1.807) is 6.20 Å². The number of amides is 1. The van der Waals surface area contributed by atoms with Crippen LogP contribution in [-0.2, 0) is 22.6 Å². The Bertz CT molecular complexity index is 749. The molecule has 2 aliphatic rings. The Hall–Kier alpha value is -2.38. The van der Waals surface area contributed by atoms with Crippen molar-refractivity contribution < 1.29 is 14.3 Å². The van der Waals surface area contributed by atoms with Crippen LogP contribution in [0.2, 0.25) is 0 Å². The third-order valence-corrected chi connectivity index (χ3v) is 5.04. The molecule has 2 aromatic rings. The maximum Gasteiger partial charge on any atom is 0.236 e. The predicted octanol–water partition coefficient (Wildman–Crippen LogP) is 1.40. The fourth-order valence-corrected chi connectivity index (χ4v) is 3.66. The maximum absolute atomic E-state index is 13.0. The Labute approximate surface area is 159 Å². The minimum atomic E-state index is -0.0236. The molecule has 0 N–H and O–H groups in total. The van der Waals surface area contributed by atoms with Gasteiger partial charge in [0, 0.05) is 50.7 Å². The quantitative estimate of drug-likeness (QED) is 0.814. The average molecular weight is 370 g/mol. The second kappa shape index (κ2) is 8.54. The van der Waals surface area contributed by atoms with Gasteiger partial charge in [-0.2, -0.15) is 5.10 Å². The van der Waals surface area contributed by atoms with Crippen molar-refractivity contribution in [2.24, 2.45) is 0 Å². The van der Waals surface area contributed by atoms with Gasteiger partial charge in [-0.25, -0.2) is 0 Å². The zero-order valence-corrected chi connectivity index (χ0v) is 15.5. The lowest BCUT2D eigenvalue weighted by molar-refractivity contribution is -0.133. The number of carbonyl (C=O) groups is 1. The normalized spacial score (nSPS) is 21.0. The Morgan fingerprint density at radius 1 is 1.19 bits per heavy atom. The number of rotatable bonds is 4. The van der Waals surface area contributed by atoms with Crippen molar-refractivity contribution in [1.29, 1.82) is 0 Å². The number of benzene rings is 1. The van der Waals surface area contributed by atoms with Crippen LogP contribution in [0.15, 0.2) is 42.7 Å². The second-order valence-corrected chi connectivity index (χ2v) is 7.08. The zero-order chi connectivity index (χ0) is 18.5. The van der Waals surface area contributed by atoms with Crippen LogP contribution in [0.4, 0.5) is 0 Å². The molecule has 1 aromatic heterocycles. The molecule has 4 rings (SSSR count). The van der Waals surface area contributed by atoms with E-state index in [-0.39, 0.29) is 12.0 Å². The van der Waals surface area contributed by atoms with E-state index in [1.807, 2.05) is 40.0 Å². The van der Waals surface area contributed by atoms with Gasteiger partial charge in [0.2, 0.25) is 5.91 Å². The molecule has 144 valence electrons. The summed E-state index contributed by atoms with van der Waals surface area (Å²) in [5.74, 6) is 1.08. The first-order valence-corrected chi connectivity index (χ1v) is 9.58. The van der Waals surface area contributed by atoms with Crippen molar-refractivity contribution in [1.82, 2.24) is 19.6 Å². The van der Waals surface area contributed by atoms with Crippen LogP contribution >= 0.6 is 0 Å². The van der Waals surface area contributed by atoms with E-state index >= 15 is 0 Å². The first-order valence-electron chi connectivity index (χ1n) is 9.58. The monoisotopic (exact) mass is 370 g/mol. The summed E-state index contributed by atoms with van der Waals surface area (Å²) in [6, 6.07) is 9.96. The summed E-state index contributed by atoms with van der Waals surface area (Å²) in [6.07, 6.45) is 4.53. The van der Waals surface area contributed by atoms with Crippen LogP contribution in [0.25, 0.3) is 0 Å². The molecule has 1 atom stereocenters. The van der Waals surface area contributed by atoms with E-state index in [0.717, 1.165) is 37.4 Å². The average Bonchev–Trinajstić information content (AvgIpc) is 2.95. The molecular formula is C20H26N4O3. The van der Waals surface area contributed by atoms with Crippen molar-refractivity contribution in [3.05, 3.63) is 48.3 Å². The molecule has 2 aliphatic heterocycles. The van der Waals surface area contributed by atoms with Gasteiger partial charge in [0.15, 0.2) is 0 Å². The van der Waals surface area contributed by atoms with Gasteiger partial charge in [-0.15, -0.1) is 0 Å². The number of hydrogen-bond donors (Lipinski definition) is 0. The summed E-state index contributed by atoms with van der Waals surface area (Å²) in [6.45, 7) is 5.21. The molecule has 27 heavy (non-hydrogen) atoms. The number of para-hydroxylation sites is 1. The molecule has 0 saturated carbocycles. The molecule has 3 heterocycles. The van der Waals surface area contributed by atoms with Gasteiger partial charge >= 0.3 is 0 Å². The van der Waals surface area contributed by atoms with Crippen LogP contribution in [0.1, 0.15) is 12.0 Å². The minimum Gasteiger partial charge on any atom is -0.492 e. The van der Waals surface area contributed by atoms with Crippen molar-refractivity contribution in [2.75, 3.05) is 39.4 Å². The molecule has 0 radical (unpaired) electrons. The highest BCUT2D eigenvalue weighted by Gasteiger charge is 2.25. The summed E-state index contributed by atoms with van der Waals surface area (Å²) >= 11 is 0. The smallest absolute Gasteiger partial charge is 0.236 e. The molecular weight excluding hydrogens is 344 g/mol. The lowest BCUT2D eigenvalue weighted by Gasteiger charge is -2.27. The molecule has 7 nitrogen and oxygen atoms in total. The number of carbonyl (C=O) groups excluding carboxylic acids is 1. The van der Waals surface area contributed by atoms with E-state index in [1.165, 1.54) is 0 Å². The Morgan fingerprint density at radius 3 is 3.00 bits per heavy atom. The molecule has 0 unspecified atom stereocenters. The summed E-state index contributed by atoms with van der Waals surface area (Å²) in [5.41, 5.74) is 1.14. The Kier molecular flexibility index (Phi) is 5.69. The SMILES string of the molecule is O=C(CN1CCOc2ccccc2C1)N1CCCO[C@H](Cn2cccn2)C1. The van der Waals surface area contributed by atoms with Gasteiger partial charge in [0.1, 0.15) is 12.4 Å². The third kappa shape index (κ3) is 4.67. The van der Waals surface area contributed by atoms with Gasteiger partial charge in [-0.1, -0.05) is 18.2 Å². The molecule has 1 fully saturated rings. The summed E-state index contributed by atoms with van der Waals surface area (Å²) < 4.78 is 13.6. The standard InChI is InChI=1S/C20H26N4O3/c25-20(16-22-10-12-27-19-6-2-1-5-17(19)13-22)23-8-4-11-26-18(14-23)15-24-9-3-7-21-24/h1-3,5-7,9,18H,4,8,10-16H2/t18-/m0/s1. The number of fused-ring (bicyclic) bond motifs is 1. The first kappa shape index (κ1) is 18.0. The van der Waals surface area contributed by atoms with Crippen LogP contribution in [0.3, 0.4) is 0 Å². The molecule has 1 aromatic carbocycles. The topological polar surface area (TPSA) is 59.8 Å². The summed E-state index contributed by atoms with van der Waals surface area (Å²) in [5, 5.41) is 4.25. The van der Waals surface area contributed by atoms with E-state index in [0.29, 0.717) is 32.8 Å². The summed E-state index contributed by atoms with van der Waals surface area (Å²) in [7, 11) is 0. The Balaban J connectivity index is 1.36. The second-order valence-electron chi connectivity index (χ2n) is 7.08. The first-order chi connectivity index (χ1) is 13.3. The Morgan fingerprint density at radius 2 is 2.11 bits per heavy atom.